The van der Waals surface area contributed by atoms with Gasteiger partial charge in [0.2, 0.25) is 11.8 Å². The number of hydrogen-bond donors (Lipinski definition) is 1. The zero-order chi connectivity index (χ0) is 16.6. The van der Waals surface area contributed by atoms with Gasteiger partial charge in [-0.2, -0.15) is 0 Å². The van der Waals surface area contributed by atoms with Gasteiger partial charge in [-0.3, -0.25) is 14.5 Å². The Hall–Kier alpha value is -2.57. The summed E-state index contributed by atoms with van der Waals surface area (Å²) in [6, 6.07) is 5.60. The van der Waals surface area contributed by atoms with Crippen LogP contribution in [-0.2, 0) is 20.7 Å². The van der Waals surface area contributed by atoms with Crippen LogP contribution in [0.1, 0.15) is 18.9 Å². The van der Waals surface area contributed by atoms with Gasteiger partial charge in [0, 0.05) is 31.8 Å². The largest absolute Gasteiger partial charge is 0.442 e. The van der Waals surface area contributed by atoms with Crippen molar-refractivity contribution in [2.75, 3.05) is 29.9 Å². The van der Waals surface area contributed by atoms with Crippen molar-refractivity contribution in [1.82, 2.24) is 5.32 Å². The Morgan fingerprint density at radius 2 is 2.13 bits per heavy atom. The molecule has 1 atom stereocenters. The molecule has 0 spiro atoms. The lowest BCUT2D eigenvalue weighted by Gasteiger charge is -2.27. The molecule has 0 unspecified atom stereocenters. The minimum absolute atomic E-state index is 0.0983. The second-order valence-corrected chi connectivity index (χ2v) is 5.82. The molecule has 3 rings (SSSR count). The zero-order valence-electron chi connectivity index (χ0n) is 13.2. The summed E-state index contributed by atoms with van der Waals surface area (Å²) in [5.41, 5.74) is 2.68. The summed E-state index contributed by atoms with van der Waals surface area (Å²) in [7, 11) is 1.76. The van der Waals surface area contributed by atoms with E-state index in [1.807, 2.05) is 18.2 Å². The monoisotopic (exact) mass is 317 g/mol. The number of rotatable bonds is 3. The molecule has 0 saturated carbocycles. The quantitative estimate of drug-likeness (QED) is 0.904. The Labute approximate surface area is 134 Å². The van der Waals surface area contributed by atoms with Crippen LogP contribution in [0.25, 0.3) is 0 Å². The highest BCUT2D eigenvalue weighted by molar-refractivity contribution is 5.97. The first-order valence-electron chi connectivity index (χ1n) is 7.58. The third-order valence-corrected chi connectivity index (χ3v) is 4.17. The predicted octanol–water partition coefficient (Wildman–Crippen LogP) is 1.06. The number of aryl methyl sites for hydroxylation is 1. The SMILES string of the molecule is CC(=O)NC[C@H]1CN(c2ccc3c(c2)CCC(=O)N3C)C(=O)O1. The van der Waals surface area contributed by atoms with Crippen molar-refractivity contribution in [3.63, 3.8) is 0 Å². The molecule has 1 aromatic rings. The van der Waals surface area contributed by atoms with E-state index < -0.39 is 6.09 Å². The number of amides is 3. The Bertz CT molecular complexity index is 673. The highest BCUT2D eigenvalue weighted by Gasteiger charge is 2.33. The normalized spacial score (nSPS) is 20.3. The van der Waals surface area contributed by atoms with Gasteiger partial charge < -0.3 is 15.0 Å². The number of nitrogens with one attached hydrogen (secondary N) is 1. The van der Waals surface area contributed by atoms with Crippen molar-refractivity contribution >= 4 is 29.3 Å². The van der Waals surface area contributed by atoms with Gasteiger partial charge >= 0.3 is 6.09 Å². The Kier molecular flexibility index (Phi) is 3.94. The van der Waals surface area contributed by atoms with Gasteiger partial charge in [-0.1, -0.05) is 0 Å². The van der Waals surface area contributed by atoms with E-state index >= 15 is 0 Å². The molecule has 2 heterocycles. The van der Waals surface area contributed by atoms with Crippen molar-refractivity contribution in [3.05, 3.63) is 23.8 Å². The molecule has 1 saturated heterocycles. The summed E-state index contributed by atoms with van der Waals surface area (Å²) in [6.45, 7) is 2.13. The average molecular weight is 317 g/mol. The highest BCUT2D eigenvalue weighted by Crippen LogP contribution is 2.32. The van der Waals surface area contributed by atoms with Crippen molar-refractivity contribution < 1.29 is 19.1 Å². The molecule has 7 nitrogen and oxygen atoms in total. The van der Waals surface area contributed by atoms with Gasteiger partial charge in [0.1, 0.15) is 6.10 Å². The summed E-state index contributed by atoms with van der Waals surface area (Å²) in [5, 5.41) is 2.65. The predicted molar refractivity (Wildman–Crippen MR) is 84.5 cm³/mol. The second kappa shape index (κ2) is 5.91. The van der Waals surface area contributed by atoms with E-state index in [-0.39, 0.29) is 17.9 Å². The molecular formula is C16H19N3O4. The first-order chi connectivity index (χ1) is 11.0. The molecule has 1 fully saturated rings. The Balaban J connectivity index is 1.76. The third-order valence-electron chi connectivity index (χ3n) is 4.17. The molecule has 2 aliphatic heterocycles. The number of fused-ring (bicyclic) bond motifs is 1. The van der Waals surface area contributed by atoms with Crippen LogP contribution in [0.4, 0.5) is 16.2 Å². The molecule has 122 valence electrons. The van der Waals surface area contributed by atoms with E-state index in [1.165, 1.54) is 6.92 Å². The van der Waals surface area contributed by atoms with E-state index in [0.29, 0.717) is 25.9 Å². The Morgan fingerprint density at radius 1 is 1.35 bits per heavy atom. The van der Waals surface area contributed by atoms with Crippen LogP contribution in [0, 0.1) is 0 Å². The fourth-order valence-corrected chi connectivity index (χ4v) is 2.91. The fraction of sp³-hybridized carbons (Fsp3) is 0.438. The smallest absolute Gasteiger partial charge is 0.414 e. The number of carbonyl (C=O) groups excluding carboxylic acids is 3. The summed E-state index contributed by atoms with van der Waals surface area (Å²) in [5.74, 6) is -0.0535. The van der Waals surface area contributed by atoms with Crippen LogP contribution in [0.3, 0.4) is 0 Å². The number of anilines is 2. The van der Waals surface area contributed by atoms with Crippen LogP contribution in [0.5, 0.6) is 0 Å². The maximum Gasteiger partial charge on any atom is 0.414 e. The molecule has 7 heteroatoms. The van der Waals surface area contributed by atoms with Crippen molar-refractivity contribution in [2.45, 2.75) is 25.9 Å². The lowest BCUT2D eigenvalue weighted by molar-refractivity contribution is -0.119. The van der Waals surface area contributed by atoms with E-state index in [0.717, 1.165) is 16.9 Å². The minimum atomic E-state index is -0.416. The molecule has 1 aromatic carbocycles. The first kappa shape index (κ1) is 15.3. The number of ether oxygens (including phenoxy) is 1. The number of cyclic esters (lactones) is 1. The fourth-order valence-electron chi connectivity index (χ4n) is 2.91. The van der Waals surface area contributed by atoms with Gasteiger partial charge in [-0.25, -0.2) is 4.79 Å². The van der Waals surface area contributed by atoms with Gasteiger partial charge in [-0.15, -0.1) is 0 Å². The third kappa shape index (κ3) is 2.99. The molecule has 3 amide bonds. The lowest BCUT2D eigenvalue weighted by atomic mass is 10.0. The van der Waals surface area contributed by atoms with Gasteiger partial charge in [0.25, 0.3) is 0 Å². The van der Waals surface area contributed by atoms with Crippen LogP contribution in [-0.4, -0.2) is 44.1 Å². The average Bonchev–Trinajstić information content (AvgIpc) is 2.90. The number of benzene rings is 1. The van der Waals surface area contributed by atoms with Gasteiger partial charge in [0.15, 0.2) is 0 Å². The topological polar surface area (TPSA) is 79.0 Å². The molecule has 0 aliphatic carbocycles. The Morgan fingerprint density at radius 3 is 2.87 bits per heavy atom. The van der Waals surface area contributed by atoms with E-state index in [1.54, 1.807) is 16.8 Å². The van der Waals surface area contributed by atoms with Crippen LogP contribution in [0.15, 0.2) is 18.2 Å². The van der Waals surface area contributed by atoms with E-state index in [2.05, 4.69) is 5.32 Å². The van der Waals surface area contributed by atoms with Crippen molar-refractivity contribution in [2.24, 2.45) is 0 Å². The van der Waals surface area contributed by atoms with Crippen molar-refractivity contribution in [1.29, 1.82) is 0 Å². The van der Waals surface area contributed by atoms with E-state index in [9.17, 15) is 14.4 Å². The minimum Gasteiger partial charge on any atom is -0.442 e. The molecular weight excluding hydrogens is 298 g/mol. The number of carbonyl (C=O) groups is 3. The highest BCUT2D eigenvalue weighted by atomic mass is 16.6. The maximum atomic E-state index is 12.0. The summed E-state index contributed by atoms with van der Waals surface area (Å²) < 4.78 is 5.27. The molecule has 0 radical (unpaired) electrons. The number of nitrogens with zero attached hydrogens (tertiary/aromatic N) is 2. The summed E-state index contributed by atoms with van der Waals surface area (Å²) in [4.78, 5) is 37.9. The van der Waals surface area contributed by atoms with Gasteiger partial charge in [-0.05, 0) is 30.2 Å². The van der Waals surface area contributed by atoms with Crippen molar-refractivity contribution in [3.8, 4) is 0 Å². The molecule has 0 bridgehead atoms. The maximum absolute atomic E-state index is 12.0. The second-order valence-electron chi connectivity index (χ2n) is 5.82. The molecule has 23 heavy (non-hydrogen) atoms. The van der Waals surface area contributed by atoms with Crippen LogP contribution in [0.2, 0.25) is 0 Å². The summed E-state index contributed by atoms with van der Waals surface area (Å²) >= 11 is 0. The first-order valence-corrected chi connectivity index (χ1v) is 7.58. The molecule has 1 N–H and O–H groups in total. The zero-order valence-corrected chi connectivity index (χ0v) is 13.2. The van der Waals surface area contributed by atoms with Gasteiger partial charge in [0.05, 0.1) is 13.1 Å². The number of hydrogen-bond acceptors (Lipinski definition) is 4. The molecule has 2 aliphatic rings. The van der Waals surface area contributed by atoms with E-state index in [4.69, 9.17) is 4.74 Å². The van der Waals surface area contributed by atoms with Crippen LogP contribution >= 0.6 is 0 Å². The van der Waals surface area contributed by atoms with Crippen LogP contribution < -0.4 is 15.1 Å². The molecule has 0 aromatic heterocycles. The summed E-state index contributed by atoms with van der Waals surface area (Å²) in [6.07, 6.45) is 0.375. The lowest BCUT2D eigenvalue weighted by Crippen LogP contribution is -2.33. The standard InChI is InChI=1S/C16H19N3O4/c1-10(20)17-8-13-9-19(16(22)23-13)12-4-5-14-11(7-12)3-6-15(21)18(14)2/h4-5,7,13H,3,6,8-9H2,1-2H3,(H,17,20)/t13-/m0/s1.